The highest BCUT2D eigenvalue weighted by atomic mass is 32.2. The van der Waals surface area contributed by atoms with Gasteiger partial charge in [0.25, 0.3) is 10.1 Å². The second-order valence-electron chi connectivity index (χ2n) is 12.3. The molecule has 1 heterocycles. The topological polar surface area (TPSA) is 89.5 Å². The summed E-state index contributed by atoms with van der Waals surface area (Å²) < 4.78 is 79.5. The number of unbranched alkanes of at least 4 members (excludes halogenated alkanes) is 2. The Hall–Kier alpha value is -3.48. The van der Waals surface area contributed by atoms with Crippen molar-refractivity contribution in [1.29, 1.82) is 0 Å². The summed E-state index contributed by atoms with van der Waals surface area (Å²) in [7, 11) is -4.55. The number of halogens is 1. The fraction of sp³-hybridized carbons (Fsp3) is 0.400. The largest absolute Gasteiger partial charge is 0.368 e. The van der Waals surface area contributed by atoms with Crippen LogP contribution in [-0.4, -0.2) is 51.2 Å². The SMILES string of the molecule is CCCCCOS(=O)(=O)C(F)C[C@H]1O[C@@H](OCc2ccccc2)[C@H](OCc2ccccc2)[C@@H](OCc2ccccc2)[C@@H]1OCc1ccccc1. The van der Waals surface area contributed by atoms with Crippen LogP contribution >= 0.6 is 0 Å². The van der Waals surface area contributed by atoms with Crippen LogP contribution in [0.5, 0.6) is 0 Å². The average Bonchev–Trinajstić information content (AvgIpc) is 3.15. The second-order valence-corrected chi connectivity index (χ2v) is 14.0. The van der Waals surface area contributed by atoms with Gasteiger partial charge in [-0.1, -0.05) is 141 Å². The van der Waals surface area contributed by atoms with Crippen LogP contribution in [0.2, 0.25) is 0 Å². The molecule has 0 aliphatic carbocycles. The predicted octanol–water partition coefficient (Wildman–Crippen LogP) is 7.91. The van der Waals surface area contributed by atoms with E-state index < -0.39 is 52.7 Å². The van der Waals surface area contributed by atoms with E-state index in [1.54, 1.807) is 0 Å². The van der Waals surface area contributed by atoms with E-state index in [-0.39, 0.29) is 33.0 Å². The van der Waals surface area contributed by atoms with Crippen molar-refractivity contribution in [2.24, 2.45) is 0 Å². The van der Waals surface area contributed by atoms with Gasteiger partial charge >= 0.3 is 0 Å². The lowest BCUT2D eigenvalue weighted by molar-refractivity contribution is -0.327. The molecule has 1 unspecified atom stereocenters. The van der Waals surface area contributed by atoms with Crippen LogP contribution in [0, 0.1) is 0 Å². The van der Waals surface area contributed by atoms with Gasteiger partial charge in [0, 0.05) is 6.42 Å². The molecule has 8 nitrogen and oxygen atoms in total. The first-order valence-electron chi connectivity index (χ1n) is 17.2. The third kappa shape index (κ3) is 11.5. The van der Waals surface area contributed by atoms with Crippen molar-refractivity contribution in [3.8, 4) is 0 Å². The maximum atomic E-state index is 15.9. The minimum atomic E-state index is -4.55. The smallest absolute Gasteiger partial charge is 0.300 e. The summed E-state index contributed by atoms with van der Waals surface area (Å²) in [4.78, 5) is 0. The summed E-state index contributed by atoms with van der Waals surface area (Å²) in [5, 5.41) is 0. The quantitative estimate of drug-likeness (QED) is 0.0677. The van der Waals surface area contributed by atoms with Crippen LogP contribution in [-0.2, 0) is 64.4 Å². The zero-order chi connectivity index (χ0) is 35.0. The van der Waals surface area contributed by atoms with Gasteiger partial charge in [-0.15, -0.1) is 0 Å². The lowest BCUT2D eigenvalue weighted by atomic mass is 9.95. The molecule has 4 aromatic rings. The highest BCUT2D eigenvalue weighted by molar-refractivity contribution is 7.87. The number of rotatable bonds is 20. The average molecular weight is 707 g/mol. The van der Waals surface area contributed by atoms with Crippen LogP contribution in [0.15, 0.2) is 121 Å². The molecule has 10 heteroatoms. The zero-order valence-electron chi connectivity index (χ0n) is 28.4. The predicted molar refractivity (Wildman–Crippen MR) is 189 cm³/mol. The van der Waals surface area contributed by atoms with Gasteiger partial charge in [0.15, 0.2) is 6.29 Å². The molecule has 0 saturated carbocycles. The van der Waals surface area contributed by atoms with E-state index in [1.807, 2.05) is 128 Å². The molecule has 0 bridgehead atoms. The highest BCUT2D eigenvalue weighted by Crippen LogP contribution is 2.34. The van der Waals surface area contributed by atoms with E-state index in [4.69, 9.17) is 27.9 Å². The van der Waals surface area contributed by atoms with Crippen molar-refractivity contribution in [2.75, 3.05) is 6.61 Å². The number of ether oxygens (including phenoxy) is 5. The van der Waals surface area contributed by atoms with E-state index in [0.717, 1.165) is 35.1 Å². The van der Waals surface area contributed by atoms with Crippen LogP contribution < -0.4 is 0 Å². The molecule has 1 aliphatic rings. The molecule has 6 atom stereocenters. The van der Waals surface area contributed by atoms with Gasteiger partial charge in [0.1, 0.15) is 18.3 Å². The summed E-state index contributed by atoms with van der Waals surface area (Å²) in [5.74, 6) is 0. The Balaban J connectivity index is 1.47. The molecule has 0 N–H and O–H groups in total. The monoisotopic (exact) mass is 706 g/mol. The third-order valence-corrected chi connectivity index (χ3v) is 9.74. The summed E-state index contributed by atoms with van der Waals surface area (Å²) >= 11 is 0. The van der Waals surface area contributed by atoms with Crippen molar-refractivity contribution in [2.45, 2.75) is 95.2 Å². The lowest BCUT2D eigenvalue weighted by Gasteiger charge is -2.46. The third-order valence-electron chi connectivity index (χ3n) is 8.43. The first-order chi connectivity index (χ1) is 24.4. The van der Waals surface area contributed by atoms with Crippen LogP contribution in [0.3, 0.4) is 0 Å². The Morgan fingerprint density at radius 2 is 1.02 bits per heavy atom. The fourth-order valence-electron chi connectivity index (χ4n) is 5.72. The van der Waals surface area contributed by atoms with Gasteiger partial charge in [-0.3, -0.25) is 4.18 Å². The molecule has 268 valence electrons. The minimum absolute atomic E-state index is 0.0862. The summed E-state index contributed by atoms with van der Waals surface area (Å²) in [5.41, 5.74) is 1.23. The van der Waals surface area contributed by atoms with Crippen molar-refractivity contribution >= 4 is 10.1 Å². The van der Waals surface area contributed by atoms with Gasteiger partial charge in [0.05, 0.1) is 39.1 Å². The maximum Gasteiger partial charge on any atom is 0.300 e. The Kier molecular flexibility index (Phi) is 14.9. The van der Waals surface area contributed by atoms with Gasteiger partial charge in [-0.2, -0.15) is 8.42 Å². The van der Waals surface area contributed by atoms with Crippen LogP contribution in [0.25, 0.3) is 0 Å². The Labute approximate surface area is 295 Å². The fourth-order valence-corrected chi connectivity index (χ4v) is 6.65. The molecule has 1 saturated heterocycles. The van der Waals surface area contributed by atoms with Gasteiger partial charge < -0.3 is 23.7 Å². The Bertz CT molecular complexity index is 1610. The van der Waals surface area contributed by atoms with Gasteiger partial charge in [0.2, 0.25) is 5.50 Å². The first kappa shape index (κ1) is 37.8. The van der Waals surface area contributed by atoms with Crippen LogP contribution in [0.1, 0.15) is 54.9 Å². The van der Waals surface area contributed by atoms with E-state index in [9.17, 15) is 8.42 Å². The molecule has 0 radical (unpaired) electrons. The lowest BCUT2D eigenvalue weighted by Crippen LogP contribution is -2.61. The number of hydrogen-bond donors (Lipinski definition) is 0. The number of hydrogen-bond acceptors (Lipinski definition) is 8. The minimum Gasteiger partial charge on any atom is -0.368 e. The molecular formula is C40H47FO8S. The van der Waals surface area contributed by atoms with E-state index >= 15 is 4.39 Å². The normalized spacial score (nSPS) is 21.5. The second kappa shape index (κ2) is 19.8. The molecule has 4 aromatic carbocycles. The van der Waals surface area contributed by atoms with Crippen molar-refractivity contribution in [3.05, 3.63) is 144 Å². The summed E-state index contributed by atoms with van der Waals surface area (Å²) in [6.45, 7) is 2.63. The first-order valence-corrected chi connectivity index (χ1v) is 18.7. The molecule has 1 aliphatic heterocycles. The number of benzene rings is 4. The number of alkyl halides is 1. The molecular weight excluding hydrogens is 659 g/mol. The van der Waals surface area contributed by atoms with E-state index in [0.29, 0.717) is 6.42 Å². The van der Waals surface area contributed by atoms with Crippen LogP contribution in [0.4, 0.5) is 4.39 Å². The maximum absolute atomic E-state index is 15.9. The van der Waals surface area contributed by atoms with Gasteiger partial charge in [-0.05, 0) is 28.7 Å². The molecule has 5 rings (SSSR count). The Morgan fingerprint density at radius 3 is 1.48 bits per heavy atom. The molecule has 0 aromatic heterocycles. The summed E-state index contributed by atoms with van der Waals surface area (Å²) in [6.07, 6.45) is -3.16. The molecule has 0 amide bonds. The summed E-state index contributed by atoms with van der Waals surface area (Å²) in [6, 6.07) is 38.5. The molecule has 1 fully saturated rings. The van der Waals surface area contributed by atoms with Crippen molar-refractivity contribution < 1.29 is 40.7 Å². The van der Waals surface area contributed by atoms with Crippen molar-refractivity contribution in [1.82, 2.24) is 0 Å². The molecule has 50 heavy (non-hydrogen) atoms. The molecule has 0 spiro atoms. The highest BCUT2D eigenvalue weighted by Gasteiger charge is 2.50. The zero-order valence-corrected chi connectivity index (χ0v) is 29.2. The standard InChI is InChI=1S/C40H47FO8S/c1-2-3-16-25-48-50(42,43)36(41)26-35-37(44-27-31-17-8-4-9-18-31)38(45-28-32-19-10-5-11-20-32)39(46-29-33-21-12-6-13-22-33)40(49-35)47-30-34-23-14-7-15-24-34/h4-15,17-24,35-40H,2-3,16,25-30H2,1H3/t35-,36?,37-,38+,39-,40-/m1/s1. The van der Waals surface area contributed by atoms with E-state index in [2.05, 4.69) is 0 Å². The van der Waals surface area contributed by atoms with Crippen molar-refractivity contribution in [3.63, 3.8) is 0 Å². The van der Waals surface area contributed by atoms with Gasteiger partial charge in [-0.25, -0.2) is 4.39 Å². The van der Waals surface area contributed by atoms with E-state index in [1.165, 1.54) is 0 Å². The Morgan fingerprint density at radius 1 is 0.600 bits per heavy atom.